The second-order valence-electron chi connectivity index (χ2n) is 3.87. The van der Waals surface area contributed by atoms with Crippen molar-refractivity contribution in [2.45, 2.75) is 26.7 Å². The fraction of sp³-hybridized carbons (Fsp3) is 0.778. The molecule has 0 aromatic carbocycles. The van der Waals surface area contributed by atoms with E-state index in [0.717, 1.165) is 0 Å². The summed E-state index contributed by atoms with van der Waals surface area (Å²) in [4.78, 5) is 23.5. The number of hydrogen-bond donors (Lipinski definition) is 1. The van der Waals surface area contributed by atoms with Gasteiger partial charge in [0.25, 0.3) is 0 Å². The van der Waals surface area contributed by atoms with Gasteiger partial charge in [-0.1, -0.05) is 0 Å². The first-order valence-corrected chi connectivity index (χ1v) is 4.45. The maximum atomic E-state index is 11.0. The van der Waals surface area contributed by atoms with Gasteiger partial charge in [-0.3, -0.25) is 9.59 Å². The van der Waals surface area contributed by atoms with Gasteiger partial charge in [0.15, 0.2) is 0 Å². The summed E-state index contributed by atoms with van der Waals surface area (Å²) in [6.07, 6.45) is 1.11. The molecule has 0 saturated carbocycles. The minimum absolute atomic E-state index is 0.0347. The van der Waals surface area contributed by atoms with Crippen molar-refractivity contribution >= 4 is 11.9 Å². The summed E-state index contributed by atoms with van der Waals surface area (Å²) in [5.41, 5.74) is -0.633. The van der Waals surface area contributed by atoms with Crippen LogP contribution in [0.25, 0.3) is 0 Å². The molecular weight excluding hydrogens is 170 g/mol. The maximum absolute atomic E-state index is 11.0. The van der Waals surface area contributed by atoms with E-state index < -0.39 is 11.4 Å². The van der Waals surface area contributed by atoms with Crippen molar-refractivity contribution in [1.82, 2.24) is 4.90 Å². The molecule has 1 heterocycles. The summed E-state index contributed by atoms with van der Waals surface area (Å²) in [5, 5.41) is 8.92. The number of nitrogens with zero attached hydrogens (tertiary/aromatic N) is 1. The maximum Gasteiger partial charge on any atom is 0.309 e. The van der Waals surface area contributed by atoms with Crippen LogP contribution in [0.4, 0.5) is 0 Å². The zero-order valence-corrected chi connectivity index (χ0v) is 8.04. The third kappa shape index (κ3) is 1.99. The first kappa shape index (κ1) is 10.0. The summed E-state index contributed by atoms with van der Waals surface area (Å²) in [7, 11) is 0. The fourth-order valence-electron chi connectivity index (χ4n) is 1.53. The molecule has 1 N–H and O–H groups in total. The molecule has 0 atom stereocenters. The van der Waals surface area contributed by atoms with Gasteiger partial charge in [-0.25, -0.2) is 0 Å². The molecule has 0 aliphatic carbocycles. The number of carboxylic acids is 1. The molecule has 0 radical (unpaired) electrons. The van der Waals surface area contributed by atoms with Crippen molar-refractivity contribution in [3.05, 3.63) is 0 Å². The second-order valence-corrected chi connectivity index (χ2v) is 3.87. The molecule has 4 heteroatoms. The van der Waals surface area contributed by atoms with Crippen LogP contribution in [0, 0.1) is 5.41 Å². The van der Waals surface area contributed by atoms with E-state index in [4.69, 9.17) is 5.11 Å². The van der Waals surface area contributed by atoms with E-state index in [1.54, 1.807) is 11.8 Å². The number of rotatable bonds is 1. The summed E-state index contributed by atoms with van der Waals surface area (Å²) < 4.78 is 0. The van der Waals surface area contributed by atoms with Crippen molar-refractivity contribution in [1.29, 1.82) is 0 Å². The summed E-state index contributed by atoms with van der Waals surface area (Å²) in [6.45, 7) is 4.40. The number of likely N-dealkylation sites (tertiary alicyclic amines) is 1. The second kappa shape index (κ2) is 3.36. The van der Waals surface area contributed by atoms with E-state index in [9.17, 15) is 9.59 Å². The number of hydrogen-bond acceptors (Lipinski definition) is 2. The molecule has 1 fully saturated rings. The van der Waals surface area contributed by atoms with Gasteiger partial charge in [0, 0.05) is 20.0 Å². The smallest absolute Gasteiger partial charge is 0.309 e. The monoisotopic (exact) mass is 185 g/mol. The first-order valence-electron chi connectivity index (χ1n) is 4.45. The van der Waals surface area contributed by atoms with E-state index in [1.165, 1.54) is 6.92 Å². The Kier molecular flexibility index (Phi) is 2.59. The van der Waals surface area contributed by atoms with Crippen LogP contribution in [0.5, 0.6) is 0 Å². The lowest BCUT2D eigenvalue weighted by atomic mass is 9.80. The SMILES string of the molecule is CC(=O)N1CCC(C)(C(=O)O)CC1. The highest BCUT2D eigenvalue weighted by Crippen LogP contribution is 2.30. The van der Waals surface area contributed by atoms with Crippen molar-refractivity contribution in [2.24, 2.45) is 5.41 Å². The first-order chi connectivity index (χ1) is 5.96. The van der Waals surface area contributed by atoms with E-state index >= 15 is 0 Å². The van der Waals surface area contributed by atoms with Crippen LogP contribution in [-0.2, 0) is 9.59 Å². The highest BCUT2D eigenvalue weighted by molar-refractivity contribution is 5.76. The zero-order chi connectivity index (χ0) is 10.1. The van der Waals surface area contributed by atoms with Crippen LogP contribution >= 0.6 is 0 Å². The van der Waals surface area contributed by atoms with Crippen molar-refractivity contribution < 1.29 is 14.7 Å². The quantitative estimate of drug-likeness (QED) is 0.654. The lowest BCUT2D eigenvalue weighted by Crippen LogP contribution is -2.44. The lowest BCUT2D eigenvalue weighted by Gasteiger charge is -2.35. The van der Waals surface area contributed by atoms with Gasteiger partial charge in [-0.15, -0.1) is 0 Å². The van der Waals surface area contributed by atoms with Crippen LogP contribution in [0.2, 0.25) is 0 Å². The van der Waals surface area contributed by atoms with Gasteiger partial charge < -0.3 is 10.0 Å². The third-order valence-electron chi connectivity index (χ3n) is 2.83. The average Bonchev–Trinajstić information content (AvgIpc) is 2.04. The minimum Gasteiger partial charge on any atom is -0.481 e. The lowest BCUT2D eigenvalue weighted by molar-refractivity contribution is -0.152. The molecular formula is C9H15NO3. The normalized spacial score (nSPS) is 21.2. The van der Waals surface area contributed by atoms with Crippen LogP contribution in [0.3, 0.4) is 0 Å². The summed E-state index contributed by atoms with van der Waals surface area (Å²) in [6, 6.07) is 0. The number of carbonyl (C=O) groups excluding carboxylic acids is 1. The number of amides is 1. The number of carbonyl (C=O) groups is 2. The minimum atomic E-state index is -0.754. The van der Waals surface area contributed by atoms with E-state index in [2.05, 4.69) is 0 Å². The van der Waals surface area contributed by atoms with Gasteiger partial charge in [0.1, 0.15) is 0 Å². The molecule has 1 aliphatic heterocycles. The molecule has 74 valence electrons. The molecule has 4 nitrogen and oxygen atoms in total. The van der Waals surface area contributed by atoms with Gasteiger partial charge in [0.2, 0.25) is 5.91 Å². The Hall–Kier alpha value is -1.06. The highest BCUT2D eigenvalue weighted by atomic mass is 16.4. The van der Waals surface area contributed by atoms with Gasteiger partial charge in [-0.05, 0) is 19.8 Å². The largest absolute Gasteiger partial charge is 0.481 e. The number of aliphatic carboxylic acids is 1. The predicted molar refractivity (Wildman–Crippen MR) is 47.2 cm³/mol. The molecule has 0 bridgehead atoms. The Morgan fingerprint density at radius 1 is 1.31 bits per heavy atom. The van der Waals surface area contributed by atoms with E-state index in [0.29, 0.717) is 25.9 Å². The van der Waals surface area contributed by atoms with Crippen molar-refractivity contribution in [3.8, 4) is 0 Å². The Balaban J connectivity index is 2.56. The van der Waals surface area contributed by atoms with Gasteiger partial charge in [-0.2, -0.15) is 0 Å². The standard InChI is InChI=1S/C9H15NO3/c1-7(11)10-5-3-9(2,4-6-10)8(12)13/h3-6H2,1-2H3,(H,12,13). The van der Waals surface area contributed by atoms with Gasteiger partial charge >= 0.3 is 5.97 Å². The molecule has 1 rings (SSSR count). The molecule has 1 aliphatic rings. The summed E-state index contributed by atoms with van der Waals surface area (Å²) in [5.74, 6) is -0.719. The Bertz CT molecular complexity index is 229. The zero-order valence-electron chi connectivity index (χ0n) is 8.04. The molecule has 0 unspecified atom stereocenters. The Morgan fingerprint density at radius 2 is 1.77 bits per heavy atom. The van der Waals surface area contributed by atoms with Crippen LogP contribution in [0.15, 0.2) is 0 Å². The van der Waals surface area contributed by atoms with Crippen LogP contribution < -0.4 is 0 Å². The molecule has 1 amide bonds. The Labute approximate surface area is 77.5 Å². The highest BCUT2D eigenvalue weighted by Gasteiger charge is 2.37. The van der Waals surface area contributed by atoms with Crippen molar-refractivity contribution in [3.63, 3.8) is 0 Å². The number of piperidine rings is 1. The topological polar surface area (TPSA) is 57.6 Å². The summed E-state index contributed by atoms with van der Waals surface area (Å²) >= 11 is 0. The molecule has 0 aromatic heterocycles. The fourth-order valence-corrected chi connectivity index (χ4v) is 1.53. The van der Waals surface area contributed by atoms with E-state index in [1.807, 2.05) is 0 Å². The predicted octanol–water partition coefficient (Wildman–Crippen LogP) is 0.720. The third-order valence-corrected chi connectivity index (χ3v) is 2.83. The van der Waals surface area contributed by atoms with Crippen LogP contribution in [-0.4, -0.2) is 35.0 Å². The Morgan fingerprint density at radius 3 is 2.08 bits per heavy atom. The number of carboxylic acid groups (broad SMARTS) is 1. The molecule has 0 spiro atoms. The van der Waals surface area contributed by atoms with E-state index in [-0.39, 0.29) is 5.91 Å². The molecule has 13 heavy (non-hydrogen) atoms. The van der Waals surface area contributed by atoms with Gasteiger partial charge in [0.05, 0.1) is 5.41 Å². The average molecular weight is 185 g/mol. The molecule has 0 aromatic rings. The van der Waals surface area contributed by atoms with Crippen LogP contribution in [0.1, 0.15) is 26.7 Å². The molecule has 1 saturated heterocycles. The van der Waals surface area contributed by atoms with Crippen molar-refractivity contribution in [2.75, 3.05) is 13.1 Å².